The minimum Gasteiger partial charge on any atom is -0.333 e. The molecule has 0 radical (unpaired) electrons. The lowest BCUT2D eigenvalue weighted by molar-refractivity contribution is 0.0855. The molecule has 3 atom stereocenters. The summed E-state index contributed by atoms with van der Waals surface area (Å²) in [5, 5.41) is 3.24. The Morgan fingerprint density at radius 1 is 1.08 bits per heavy atom. The lowest BCUT2D eigenvalue weighted by Crippen LogP contribution is -2.50. The average molecular weight is 443 g/mol. The van der Waals surface area contributed by atoms with Crippen LogP contribution in [0.15, 0.2) is 28.7 Å². The molecule has 26 heavy (non-hydrogen) atoms. The number of hydrogen-bond acceptors (Lipinski definition) is 2. The molecule has 0 aromatic heterocycles. The summed E-state index contributed by atoms with van der Waals surface area (Å²) in [6.07, 6.45) is 7.06. The number of rotatable bonds is 3. The van der Waals surface area contributed by atoms with Crippen LogP contribution in [0.5, 0.6) is 0 Å². The topological polar surface area (TPSA) is 35.6 Å². The van der Waals surface area contributed by atoms with Gasteiger partial charge in [0.25, 0.3) is 0 Å². The second-order valence-corrected chi connectivity index (χ2v) is 8.73. The summed E-state index contributed by atoms with van der Waals surface area (Å²) in [7, 11) is 0. The highest BCUT2D eigenvalue weighted by Gasteiger charge is 2.44. The Morgan fingerprint density at radius 2 is 1.73 bits per heavy atom. The molecule has 6 heteroatoms. The van der Waals surface area contributed by atoms with Crippen molar-refractivity contribution in [3.8, 4) is 0 Å². The van der Waals surface area contributed by atoms with Gasteiger partial charge in [0.1, 0.15) is 0 Å². The first-order chi connectivity index (χ1) is 12.1. The van der Waals surface area contributed by atoms with Gasteiger partial charge in [-0.25, -0.2) is 4.79 Å². The van der Waals surface area contributed by atoms with Crippen LogP contribution in [0.2, 0.25) is 0 Å². The highest BCUT2D eigenvalue weighted by molar-refractivity contribution is 9.10. The van der Waals surface area contributed by atoms with Crippen molar-refractivity contribution >= 4 is 34.4 Å². The van der Waals surface area contributed by atoms with Gasteiger partial charge in [-0.3, -0.25) is 4.90 Å². The third-order valence-electron chi connectivity index (χ3n) is 6.42. The Balaban J connectivity index is 0.00000196. The molecule has 2 saturated heterocycles. The molecule has 144 valence electrons. The van der Waals surface area contributed by atoms with Crippen molar-refractivity contribution in [1.82, 2.24) is 15.1 Å². The second kappa shape index (κ2) is 8.49. The summed E-state index contributed by atoms with van der Waals surface area (Å²) in [6, 6.07) is 10.6. The van der Waals surface area contributed by atoms with E-state index >= 15 is 0 Å². The normalized spacial score (nSPS) is 28.2. The highest BCUT2D eigenvalue weighted by Crippen LogP contribution is 2.33. The maximum Gasteiger partial charge on any atom is 0.318 e. The van der Waals surface area contributed by atoms with Gasteiger partial charge in [-0.1, -0.05) is 40.9 Å². The molecule has 3 aliphatic rings. The number of nitrogens with one attached hydrogen (secondary N) is 1. The number of benzene rings is 1. The maximum atomic E-state index is 12.5. The molecule has 1 aromatic rings. The quantitative estimate of drug-likeness (QED) is 0.734. The Hall–Kier alpha value is -0.780. The fourth-order valence-electron chi connectivity index (χ4n) is 4.94. The van der Waals surface area contributed by atoms with Gasteiger partial charge < -0.3 is 10.2 Å². The minimum atomic E-state index is 0. The van der Waals surface area contributed by atoms with Gasteiger partial charge in [-0.2, -0.15) is 0 Å². The van der Waals surface area contributed by atoms with Crippen molar-refractivity contribution in [3.05, 3.63) is 34.3 Å². The van der Waals surface area contributed by atoms with Crippen LogP contribution in [-0.4, -0.2) is 47.0 Å². The van der Waals surface area contributed by atoms with Crippen LogP contribution in [0.3, 0.4) is 0 Å². The van der Waals surface area contributed by atoms with E-state index in [0.29, 0.717) is 24.2 Å². The maximum absolute atomic E-state index is 12.5. The fourth-order valence-corrected chi connectivity index (χ4v) is 5.20. The first-order valence-electron chi connectivity index (χ1n) is 9.72. The molecule has 4 rings (SSSR count). The molecule has 0 bridgehead atoms. The monoisotopic (exact) mass is 441 g/mol. The Labute approximate surface area is 171 Å². The minimum absolute atomic E-state index is 0. The SMILES string of the molecule is CC(c1ccc(Br)cc1)N1CCC(N2C(=O)NC3CCCCC32)CC1.Cl. The predicted molar refractivity (Wildman–Crippen MR) is 111 cm³/mol. The lowest BCUT2D eigenvalue weighted by Gasteiger charge is -2.42. The molecular weight excluding hydrogens is 414 g/mol. The molecule has 3 unspecified atom stereocenters. The van der Waals surface area contributed by atoms with E-state index in [1.165, 1.54) is 24.8 Å². The molecule has 1 aliphatic carbocycles. The lowest BCUT2D eigenvalue weighted by atomic mass is 9.89. The van der Waals surface area contributed by atoms with E-state index in [0.717, 1.165) is 36.8 Å². The molecule has 2 aliphatic heterocycles. The van der Waals surface area contributed by atoms with Gasteiger partial charge in [0.15, 0.2) is 0 Å². The van der Waals surface area contributed by atoms with E-state index in [4.69, 9.17) is 0 Å². The number of carbonyl (C=O) groups is 1. The van der Waals surface area contributed by atoms with E-state index in [2.05, 4.69) is 62.2 Å². The van der Waals surface area contributed by atoms with Crippen LogP contribution in [0.1, 0.15) is 57.1 Å². The largest absolute Gasteiger partial charge is 0.333 e. The van der Waals surface area contributed by atoms with E-state index in [-0.39, 0.29) is 18.4 Å². The highest BCUT2D eigenvalue weighted by atomic mass is 79.9. The van der Waals surface area contributed by atoms with E-state index < -0.39 is 0 Å². The summed E-state index contributed by atoms with van der Waals surface area (Å²) < 4.78 is 1.13. The van der Waals surface area contributed by atoms with Crippen LogP contribution in [0.25, 0.3) is 0 Å². The number of hydrogen-bond donors (Lipinski definition) is 1. The summed E-state index contributed by atoms with van der Waals surface area (Å²) in [4.78, 5) is 17.3. The number of amides is 2. The van der Waals surface area contributed by atoms with Crippen molar-refractivity contribution < 1.29 is 4.79 Å². The number of nitrogens with zero attached hydrogens (tertiary/aromatic N) is 2. The molecule has 4 nitrogen and oxygen atoms in total. The Kier molecular flexibility index (Phi) is 6.52. The van der Waals surface area contributed by atoms with Gasteiger partial charge in [0.2, 0.25) is 0 Å². The molecule has 2 heterocycles. The first-order valence-corrected chi connectivity index (χ1v) is 10.5. The van der Waals surface area contributed by atoms with Crippen LogP contribution in [-0.2, 0) is 0 Å². The molecule has 0 spiro atoms. The average Bonchev–Trinajstić information content (AvgIpc) is 2.97. The molecule has 3 fully saturated rings. The molecule has 1 saturated carbocycles. The van der Waals surface area contributed by atoms with Gasteiger partial charge in [-0.15, -0.1) is 12.4 Å². The van der Waals surface area contributed by atoms with Crippen LogP contribution in [0.4, 0.5) is 4.79 Å². The van der Waals surface area contributed by atoms with Gasteiger partial charge in [0, 0.05) is 29.6 Å². The van der Waals surface area contributed by atoms with Crippen molar-refractivity contribution in [1.29, 1.82) is 0 Å². The number of piperidine rings is 1. The molecule has 1 N–H and O–H groups in total. The molecular formula is C20H29BrClN3O. The number of halogens is 2. The summed E-state index contributed by atoms with van der Waals surface area (Å²) in [6.45, 7) is 4.44. The third-order valence-corrected chi connectivity index (χ3v) is 6.95. The zero-order valence-electron chi connectivity index (χ0n) is 15.4. The number of likely N-dealkylation sites (tertiary alicyclic amines) is 1. The second-order valence-electron chi connectivity index (χ2n) is 7.81. The summed E-state index contributed by atoms with van der Waals surface area (Å²) >= 11 is 3.51. The van der Waals surface area contributed by atoms with E-state index in [9.17, 15) is 4.79 Å². The third kappa shape index (κ3) is 3.90. The Bertz CT molecular complexity index is 618. The smallest absolute Gasteiger partial charge is 0.318 e. The van der Waals surface area contributed by atoms with Gasteiger partial charge >= 0.3 is 6.03 Å². The fraction of sp³-hybridized carbons (Fsp3) is 0.650. The predicted octanol–water partition coefficient (Wildman–Crippen LogP) is 4.73. The summed E-state index contributed by atoms with van der Waals surface area (Å²) in [5.41, 5.74) is 1.37. The van der Waals surface area contributed by atoms with Gasteiger partial charge in [0.05, 0.1) is 12.1 Å². The van der Waals surface area contributed by atoms with Crippen LogP contribution >= 0.6 is 28.3 Å². The van der Waals surface area contributed by atoms with Crippen molar-refractivity contribution in [3.63, 3.8) is 0 Å². The van der Waals surface area contributed by atoms with E-state index in [1.54, 1.807) is 0 Å². The Morgan fingerprint density at radius 3 is 2.42 bits per heavy atom. The van der Waals surface area contributed by atoms with Crippen molar-refractivity contribution in [2.24, 2.45) is 0 Å². The molecule has 1 aromatic carbocycles. The molecule has 2 amide bonds. The number of urea groups is 1. The first kappa shape index (κ1) is 20.0. The number of carbonyl (C=O) groups excluding carboxylic acids is 1. The zero-order valence-corrected chi connectivity index (χ0v) is 17.8. The van der Waals surface area contributed by atoms with Crippen LogP contribution in [0, 0.1) is 0 Å². The van der Waals surface area contributed by atoms with Crippen molar-refractivity contribution in [2.45, 2.75) is 69.6 Å². The van der Waals surface area contributed by atoms with E-state index in [1.807, 2.05) is 0 Å². The van der Waals surface area contributed by atoms with Gasteiger partial charge in [-0.05, 0) is 50.3 Å². The summed E-state index contributed by atoms with van der Waals surface area (Å²) in [5.74, 6) is 0. The zero-order chi connectivity index (χ0) is 17.4. The number of fused-ring (bicyclic) bond motifs is 1. The van der Waals surface area contributed by atoms with Crippen LogP contribution < -0.4 is 5.32 Å². The van der Waals surface area contributed by atoms with Crippen molar-refractivity contribution in [2.75, 3.05) is 13.1 Å². The standard InChI is InChI=1S/C20H28BrN3O.ClH/c1-14(15-6-8-16(21)9-7-15)23-12-10-17(11-13-23)24-19-5-3-2-4-18(19)22-20(24)25;/h6-9,14,17-19H,2-5,10-13H2,1H3,(H,22,25);1H.